The number of carbonyl (C=O) groups excluding carboxylic acids is 2. The summed E-state index contributed by atoms with van der Waals surface area (Å²) >= 11 is 3.84. The summed E-state index contributed by atoms with van der Waals surface area (Å²) in [5.41, 5.74) is 1.50. The Morgan fingerprint density at radius 3 is 2.57 bits per heavy atom. The zero-order valence-corrected chi connectivity index (χ0v) is 17.2. The van der Waals surface area contributed by atoms with E-state index in [4.69, 9.17) is 19.5 Å². The predicted octanol–water partition coefficient (Wildman–Crippen LogP) is 3.82. The van der Waals surface area contributed by atoms with Crippen molar-refractivity contribution >= 4 is 30.4 Å². The third-order valence-electron chi connectivity index (χ3n) is 4.09. The van der Waals surface area contributed by atoms with Crippen LogP contribution in [0, 0.1) is 11.3 Å². The molecule has 0 spiro atoms. The van der Waals surface area contributed by atoms with Gasteiger partial charge in [-0.15, -0.1) is 0 Å². The molecule has 0 radical (unpaired) electrons. The van der Waals surface area contributed by atoms with Crippen molar-refractivity contribution in [3.63, 3.8) is 0 Å². The molecule has 0 aliphatic heterocycles. The average Bonchev–Trinajstić information content (AvgIpc) is 2.76. The summed E-state index contributed by atoms with van der Waals surface area (Å²) in [6, 6.07) is 13.0. The van der Waals surface area contributed by atoms with Crippen molar-refractivity contribution in [2.24, 2.45) is 0 Å². The van der Waals surface area contributed by atoms with Crippen molar-refractivity contribution in [2.45, 2.75) is 18.9 Å². The first kappa shape index (κ1) is 22.9. The van der Waals surface area contributed by atoms with Gasteiger partial charge in [-0.2, -0.15) is 17.9 Å². The second kappa shape index (κ2) is 11.6. The minimum absolute atomic E-state index is 0.0146. The molecular formula is C21H22N2O6S. The minimum atomic E-state index is -0.702. The zero-order valence-electron chi connectivity index (χ0n) is 16.3. The van der Waals surface area contributed by atoms with E-state index in [2.05, 4.69) is 17.9 Å². The number of hydrogen-bond acceptors (Lipinski definition) is 8. The van der Waals surface area contributed by atoms with Crippen molar-refractivity contribution in [3.8, 4) is 17.6 Å². The van der Waals surface area contributed by atoms with Crippen molar-refractivity contribution in [1.82, 2.24) is 0 Å². The fourth-order valence-corrected chi connectivity index (χ4v) is 2.70. The lowest BCUT2D eigenvalue weighted by atomic mass is 10.0. The number of esters is 1. The number of nitrogens with zero attached hydrogens (tertiary/aromatic N) is 1. The molecule has 8 nitrogen and oxygen atoms in total. The molecule has 2 aromatic carbocycles. The van der Waals surface area contributed by atoms with E-state index in [1.54, 1.807) is 36.4 Å². The van der Waals surface area contributed by atoms with Crippen molar-refractivity contribution in [3.05, 3.63) is 53.6 Å². The van der Waals surface area contributed by atoms with Crippen LogP contribution in [0.1, 0.15) is 30.1 Å². The molecule has 1 amide bonds. The van der Waals surface area contributed by atoms with E-state index in [1.165, 1.54) is 13.2 Å². The fourth-order valence-electron chi connectivity index (χ4n) is 2.61. The van der Waals surface area contributed by atoms with E-state index in [0.717, 1.165) is 0 Å². The molecule has 2 rings (SSSR count). The first-order valence-electron chi connectivity index (χ1n) is 9.08. The van der Waals surface area contributed by atoms with Crippen LogP contribution in [0.4, 0.5) is 10.5 Å². The van der Waals surface area contributed by atoms with E-state index in [0.29, 0.717) is 35.4 Å². The molecule has 2 aromatic rings. The van der Waals surface area contributed by atoms with Crippen LogP contribution in [0.5, 0.6) is 11.5 Å². The van der Waals surface area contributed by atoms with Crippen molar-refractivity contribution in [2.75, 3.05) is 24.8 Å². The third kappa shape index (κ3) is 6.90. The maximum atomic E-state index is 12.4. The van der Waals surface area contributed by atoms with Gasteiger partial charge in [-0.1, -0.05) is 6.07 Å². The summed E-state index contributed by atoms with van der Waals surface area (Å²) in [6.07, 6.45) is -0.615. The SMILES string of the molecule is COc1ccc([C@@H](CCCOC(=O)CS)OC(=O)Nc2ccc(C#N)cc2)cc1O. The van der Waals surface area contributed by atoms with Gasteiger partial charge in [0.15, 0.2) is 11.5 Å². The fraction of sp³-hybridized carbons (Fsp3) is 0.286. The van der Waals surface area contributed by atoms with E-state index in [-0.39, 0.29) is 18.1 Å². The maximum absolute atomic E-state index is 12.4. The number of benzene rings is 2. The summed E-state index contributed by atoms with van der Waals surface area (Å²) in [7, 11) is 1.43. The second-order valence-electron chi connectivity index (χ2n) is 6.16. The average molecular weight is 430 g/mol. The summed E-state index contributed by atoms with van der Waals surface area (Å²) in [6.45, 7) is 0.151. The molecule has 0 unspecified atom stereocenters. The first-order chi connectivity index (χ1) is 14.5. The van der Waals surface area contributed by atoms with Crippen LogP contribution in [0.3, 0.4) is 0 Å². The van der Waals surface area contributed by atoms with Crippen LogP contribution >= 0.6 is 12.6 Å². The monoisotopic (exact) mass is 430 g/mol. The van der Waals surface area contributed by atoms with E-state index >= 15 is 0 Å². The Balaban J connectivity index is 2.07. The number of nitrogens with one attached hydrogen (secondary N) is 1. The predicted molar refractivity (Wildman–Crippen MR) is 113 cm³/mol. The first-order valence-corrected chi connectivity index (χ1v) is 9.71. The van der Waals surface area contributed by atoms with Gasteiger partial charge in [0.2, 0.25) is 0 Å². The molecule has 158 valence electrons. The Labute approximate surface area is 179 Å². The largest absolute Gasteiger partial charge is 0.504 e. The normalized spacial score (nSPS) is 11.1. The summed E-state index contributed by atoms with van der Waals surface area (Å²) < 4.78 is 15.6. The number of rotatable bonds is 9. The van der Waals surface area contributed by atoms with Crippen LogP contribution in [-0.4, -0.2) is 36.6 Å². The van der Waals surface area contributed by atoms with E-state index in [9.17, 15) is 14.7 Å². The summed E-state index contributed by atoms with van der Waals surface area (Å²) in [5.74, 6) is -0.240. The zero-order chi connectivity index (χ0) is 21.9. The Bertz CT molecular complexity index is 911. The van der Waals surface area contributed by atoms with Crippen LogP contribution < -0.4 is 10.1 Å². The van der Waals surface area contributed by atoms with E-state index < -0.39 is 18.2 Å². The van der Waals surface area contributed by atoms with Gasteiger partial charge in [0, 0.05) is 5.69 Å². The smallest absolute Gasteiger partial charge is 0.412 e. The van der Waals surface area contributed by atoms with Gasteiger partial charge in [-0.3, -0.25) is 10.1 Å². The third-order valence-corrected chi connectivity index (χ3v) is 4.35. The minimum Gasteiger partial charge on any atom is -0.504 e. The molecular weight excluding hydrogens is 408 g/mol. The van der Waals surface area contributed by atoms with Crippen molar-refractivity contribution < 1.29 is 28.9 Å². The molecule has 0 bridgehead atoms. The van der Waals surface area contributed by atoms with Gasteiger partial charge in [-0.05, 0) is 54.8 Å². The highest BCUT2D eigenvalue weighted by Gasteiger charge is 2.19. The van der Waals surface area contributed by atoms with Gasteiger partial charge in [0.05, 0.1) is 31.1 Å². The highest BCUT2D eigenvalue weighted by atomic mass is 32.1. The van der Waals surface area contributed by atoms with Gasteiger partial charge in [-0.25, -0.2) is 4.79 Å². The number of methoxy groups -OCH3 is 1. The number of nitriles is 1. The molecule has 0 fully saturated rings. The number of aromatic hydroxyl groups is 1. The number of phenols is 1. The molecule has 9 heteroatoms. The number of phenolic OH excluding ortho intramolecular Hbond substituents is 1. The van der Waals surface area contributed by atoms with Crippen LogP contribution in [0.15, 0.2) is 42.5 Å². The Kier molecular flexibility index (Phi) is 8.84. The second-order valence-corrected chi connectivity index (χ2v) is 6.48. The molecule has 0 heterocycles. The van der Waals surface area contributed by atoms with Gasteiger partial charge >= 0.3 is 12.1 Å². The molecule has 0 aromatic heterocycles. The molecule has 1 atom stereocenters. The lowest BCUT2D eigenvalue weighted by Gasteiger charge is -2.19. The molecule has 0 saturated carbocycles. The quantitative estimate of drug-likeness (QED) is 0.314. The maximum Gasteiger partial charge on any atom is 0.412 e. The van der Waals surface area contributed by atoms with Crippen molar-refractivity contribution in [1.29, 1.82) is 5.26 Å². The van der Waals surface area contributed by atoms with Gasteiger partial charge < -0.3 is 19.3 Å². The molecule has 0 aliphatic rings. The highest BCUT2D eigenvalue weighted by molar-refractivity contribution is 7.81. The number of carbonyl (C=O) groups is 2. The van der Waals surface area contributed by atoms with Crippen LogP contribution in [0.2, 0.25) is 0 Å². The Morgan fingerprint density at radius 1 is 1.23 bits per heavy atom. The Hall–Kier alpha value is -3.38. The molecule has 30 heavy (non-hydrogen) atoms. The topological polar surface area (TPSA) is 118 Å². The number of ether oxygens (including phenoxy) is 3. The summed E-state index contributed by atoms with van der Waals surface area (Å²) in [5, 5.41) is 21.5. The summed E-state index contributed by atoms with van der Waals surface area (Å²) in [4.78, 5) is 23.6. The van der Waals surface area contributed by atoms with Gasteiger partial charge in [0.1, 0.15) is 6.10 Å². The standard InChI is InChI=1S/C21H22N2O6S/c1-27-19-9-6-15(11-17(19)24)18(3-2-10-28-20(25)13-30)29-21(26)23-16-7-4-14(12-22)5-8-16/h4-9,11,18,24,30H,2-3,10,13H2,1H3,(H,23,26)/t18-/m1/s1. The highest BCUT2D eigenvalue weighted by Crippen LogP contribution is 2.32. The van der Waals surface area contributed by atoms with E-state index in [1.807, 2.05) is 6.07 Å². The van der Waals surface area contributed by atoms with Crippen LogP contribution in [0.25, 0.3) is 0 Å². The number of anilines is 1. The number of hydrogen-bond donors (Lipinski definition) is 3. The van der Waals surface area contributed by atoms with Crippen LogP contribution in [-0.2, 0) is 14.3 Å². The molecule has 0 saturated heterocycles. The molecule has 2 N–H and O–H groups in total. The number of thiol groups is 1. The van der Waals surface area contributed by atoms with Gasteiger partial charge in [0.25, 0.3) is 0 Å². The number of amides is 1. The lowest BCUT2D eigenvalue weighted by Crippen LogP contribution is -2.18. The lowest BCUT2D eigenvalue weighted by molar-refractivity contribution is -0.140. The molecule has 0 aliphatic carbocycles. The Morgan fingerprint density at radius 2 is 1.97 bits per heavy atom.